The number of fused-ring (bicyclic) bond motifs is 1. The lowest BCUT2D eigenvalue weighted by molar-refractivity contribution is -0.118. The monoisotopic (exact) mass is 318 g/mol. The molecule has 1 aromatic rings. The molecule has 3 aliphatic rings. The van der Waals surface area contributed by atoms with Gasteiger partial charge in [0, 0.05) is 31.4 Å². The number of rotatable bonds is 3. The lowest BCUT2D eigenvalue weighted by atomic mass is 10.1. The van der Waals surface area contributed by atoms with Crippen LogP contribution in [-0.4, -0.2) is 61.8 Å². The maximum atomic E-state index is 12.1. The van der Waals surface area contributed by atoms with Crippen molar-refractivity contribution < 1.29 is 19.1 Å². The Balaban J connectivity index is 1.46. The molecule has 3 heterocycles. The molecule has 2 saturated heterocycles. The van der Waals surface area contributed by atoms with Gasteiger partial charge in [-0.3, -0.25) is 14.6 Å². The highest BCUT2D eigenvalue weighted by atomic mass is 16.6. The molecule has 122 valence electrons. The number of ether oxygens (including phenoxy) is 2. The van der Waals surface area contributed by atoms with E-state index in [9.17, 15) is 9.59 Å². The van der Waals surface area contributed by atoms with E-state index in [0.717, 1.165) is 13.1 Å². The SMILES string of the molecule is NC1CN(CC2CN(c3ccc4c(c3)NC(=O)CO4)C(=O)O2)C1. The maximum Gasteiger partial charge on any atom is 0.414 e. The standard InChI is InChI=1S/C15H18N4O4/c16-9-4-18(5-9)6-11-7-19(15(21)23-11)10-1-2-13-12(3-10)17-14(20)8-22-13/h1-3,9,11H,4-8,16H2,(H,17,20). The van der Waals surface area contributed by atoms with Crippen LogP contribution in [0.25, 0.3) is 0 Å². The van der Waals surface area contributed by atoms with Crippen LogP contribution in [0.3, 0.4) is 0 Å². The third-order valence-electron chi connectivity index (χ3n) is 4.23. The number of hydrogen-bond acceptors (Lipinski definition) is 6. The maximum absolute atomic E-state index is 12.1. The number of anilines is 2. The van der Waals surface area contributed by atoms with E-state index in [-0.39, 0.29) is 30.8 Å². The number of nitrogens with two attached hydrogens (primary N) is 1. The van der Waals surface area contributed by atoms with Crippen LogP contribution < -0.4 is 20.7 Å². The van der Waals surface area contributed by atoms with Crippen LogP contribution in [0, 0.1) is 0 Å². The molecule has 8 heteroatoms. The lowest BCUT2D eigenvalue weighted by Gasteiger charge is -2.37. The number of carbonyl (C=O) groups is 2. The van der Waals surface area contributed by atoms with E-state index in [1.54, 1.807) is 23.1 Å². The second-order valence-corrected chi connectivity index (χ2v) is 6.11. The Morgan fingerprint density at radius 3 is 2.87 bits per heavy atom. The van der Waals surface area contributed by atoms with E-state index in [4.69, 9.17) is 15.2 Å². The van der Waals surface area contributed by atoms with Gasteiger partial charge < -0.3 is 20.5 Å². The van der Waals surface area contributed by atoms with Gasteiger partial charge in [0.1, 0.15) is 11.9 Å². The summed E-state index contributed by atoms with van der Waals surface area (Å²) < 4.78 is 10.7. The fourth-order valence-corrected chi connectivity index (χ4v) is 3.11. The number of hydrogen-bond donors (Lipinski definition) is 2. The Hall–Kier alpha value is -2.32. The summed E-state index contributed by atoms with van der Waals surface area (Å²) >= 11 is 0. The molecule has 0 spiro atoms. The summed E-state index contributed by atoms with van der Waals surface area (Å²) in [6, 6.07) is 5.50. The van der Waals surface area contributed by atoms with Gasteiger partial charge >= 0.3 is 6.09 Å². The van der Waals surface area contributed by atoms with Crippen molar-refractivity contribution in [2.75, 3.05) is 43.0 Å². The van der Waals surface area contributed by atoms with Crippen LogP contribution in [0.4, 0.5) is 16.2 Å². The van der Waals surface area contributed by atoms with Crippen molar-refractivity contribution in [3.63, 3.8) is 0 Å². The smallest absolute Gasteiger partial charge is 0.414 e. The second kappa shape index (κ2) is 5.39. The first-order valence-electron chi connectivity index (χ1n) is 7.61. The molecule has 0 radical (unpaired) electrons. The average Bonchev–Trinajstić information content (AvgIpc) is 2.85. The Morgan fingerprint density at radius 2 is 2.09 bits per heavy atom. The van der Waals surface area contributed by atoms with Crippen molar-refractivity contribution in [1.29, 1.82) is 0 Å². The molecular weight excluding hydrogens is 300 g/mol. The zero-order valence-electron chi connectivity index (χ0n) is 12.5. The molecule has 23 heavy (non-hydrogen) atoms. The van der Waals surface area contributed by atoms with E-state index in [0.29, 0.717) is 30.2 Å². The first kappa shape index (κ1) is 14.3. The lowest BCUT2D eigenvalue weighted by Crippen LogP contribution is -2.57. The molecule has 0 saturated carbocycles. The van der Waals surface area contributed by atoms with Crippen LogP contribution in [0.2, 0.25) is 0 Å². The first-order chi connectivity index (χ1) is 11.1. The molecule has 8 nitrogen and oxygen atoms in total. The highest BCUT2D eigenvalue weighted by Gasteiger charge is 2.36. The highest BCUT2D eigenvalue weighted by Crippen LogP contribution is 2.33. The Bertz CT molecular complexity index is 659. The summed E-state index contributed by atoms with van der Waals surface area (Å²) in [5.41, 5.74) is 7.01. The number of carbonyl (C=O) groups excluding carboxylic acids is 2. The molecule has 2 fully saturated rings. The molecule has 1 aromatic carbocycles. The zero-order valence-corrected chi connectivity index (χ0v) is 12.5. The molecular formula is C15H18N4O4. The van der Waals surface area contributed by atoms with Crippen molar-refractivity contribution in [1.82, 2.24) is 4.90 Å². The number of cyclic esters (lactones) is 1. The van der Waals surface area contributed by atoms with Gasteiger partial charge in [0.25, 0.3) is 5.91 Å². The van der Waals surface area contributed by atoms with E-state index in [1.807, 2.05) is 0 Å². The zero-order chi connectivity index (χ0) is 16.0. The van der Waals surface area contributed by atoms with Crippen LogP contribution >= 0.6 is 0 Å². The van der Waals surface area contributed by atoms with Gasteiger partial charge in [0.15, 0.2) is 6.61 Å². The summed E-state index contributed by atoms with van der Waals surface area (Å²) in [5, 5.41) is 2.74. The first-order valence-corrected chi connectivity index (χ1v) is 7.61. The fraction of sp³-hybridized carbons (Fsp3) is 0.467. The summed E-state index contributed by atoms with van der Waals surface area (Å²) in [4.78, 5) is 27.3. The number of likely N-dealkylation sites (tertiary alicyclic amines) is 1. The molecule has 3 N–H and O–H groups in total. The topological polar surface area (TPSA) is 97.1 Å². The molecule has 4 rings (SSSR count). The van der Waals surface area contributed by atoms with Crippen LogP contribution in [-0.2, 0) is 9.53 Å². The molecule has 0 bridgehead atoms. The summed E-state index contributed by atoms with van der Waals surface area (Å²) in [6.07, 6.45) is -0.542. The predicted octanol–water partition coefficient (Wildman–Crippen LogP) is -0.0144. The molecule has 3 aliphatic heterocycles. The molecule has 1 atom stereocenters. The van der Waals surface area contributed by atoms with Gasteiger partial charge in [-0.1, -0.05) is 0 Å². The second-order valence-electron chi connectivity index (χ2n) is 6.11. The highest BCUT2D eigenvalue weighted by molar-refractivity contribution is 5.97. The van der Waals surface area contributed by atoms with Crippen LogP contribution in [0.5, 0.6) is 5.75 Å². The van der Waals surface area contributed by atoms with Gasteiger partial charge in [-0.05, 0) is 18.2 Å². The molecule has 0 aromatic heterocycles. The van der Waals surface area contributed by atoms with Crippen molar-refractivity contribution in [3.8, 4) is 5.75 Å². The quantitative estimate of drug-likeness (QED) is 0.813. The Kier molecular flexibility index (Phi) is 3.35. The van der Waals surface area contributed by atoms with Crippen molar-refractivity contribution in [2.24, 2.45) is 5.73 Å². The number of benzene rings is 1. The van der Waals surface area contributed by atoms with Crippen LogP contribution in [0.1, 0.15) is 0 Å². The van der Waals surface area contributed by atoms with Crippen molar-refractivity contribution >= 4 is 23.4 Å². The number of nitrogens with zero attached hydrogens (tertiary/aromatic N) is 2. The van der Waals surface area contributed by atoms with Gasteiger partial charge in [-0.25, -0.2) is 4.79 Å². The summed E-state index contributed by atoms with van der Waals surface area (Å²) in [5.74, 6) is 0.401. The minimum absolute atomic E-state index is 0.0121. The minimum Gasteiger partial charge on any atom is -0.482 e. The third kappa shape index (κ3) is 2.71. The third-order valence-corrected chi connectivity index (χ3v) is 4.23. The molecule has 1 unspecified atom stereocenters. The van der Waals surface area contributed by atoms with Crippen LogP contribution in [0.15, 0.2) is 18.2 Å². The van der Waals surface area contributed by atoms with E-state index < -0.39 is 0 Å². The number of amides is 2. The fourth-order valence-electron chi connectivity index (χ4n) is 3.11. The normalized spacial score (nSPS) is 24.6. The number of nitrogens with one attached hydrogen (secondary N) is 1. The molecule has 0 aliphatic carbocycles. The van der Waals surface area contributed by atoms with Gasteiger partial charge in [-0.15, -0.1) is 0 Å². The van der Waals surface area contributed by atoms with Gasteiger partial charge in [0.05, 0.1) is 12.2 Å². The Labute approximate surface area is 133 Å². The largest absolute Gasteiger partial charge is 0.482 e. The van der Waals surface area contributed by atoms with Crippen molar-refractivity contribution in [2.45, 2.75) is 12.1 Å². The van der Waals surface area contributed by atoms with E-state index in [1.165, 1.54) is 0 Å². The average molecular weight is 318 g/mol. The Morgan fingerprint density at radius 1 is 1.26 bits per heavy atom. The van der Waals surface area contributed by atoms with Gasteiger partial charge in [-0.2, -0.15) is 0 Å². The van der Waals surface area contributed by atoms with Crippen molar-refractivity contribution in [3.05, 3.63) is 18.2 Å². The van der Waals surface area contributed by atoms with E-state index >= 15 is 0 Å². The van der Waals surface area contributed by atoms with E-state index in [2.05, 4.69) is 10.2 Å². The summed E-state index contributed by atoms with van der Waals surface area (Å²) in [7, 11) is 0. The molecule has 2 amide bonds. The summed E-state index contributed by atoms with van der Waals surface area (Å²) in [6.45, 7) is 2.88. The minimum atomic E-state index is -0.372. The predicted molar refractivity (Wildman–Crippen MR) is 82.6 cm³/mol. The van der Waals surface area contributed by atoms with Gasteiger partial charge in [0.2, 0.25) is 0 Å².